The molecule has 0 atom stereocenters. The fourth-order valence-corrected chi connectivity index (χ4v) is 1.11. The zero-order chi connectivity index (χ0) is 14.6. The van der Waals surface area contributed by atoms with Gasteiger partial charge in [0.25, 0.3) is 5.88 Å². The van der Waals surface area contributed by atoms with E-state index in [-0.39, 0.29) is 17.4 Å². The minimum Gasteiger partial charge on any atom is -0.478 e. The molecule has 0 fully saturated rings. The fourth-order valence-electron chi connectivity index (χ4n) is 1.11. The molecular formula is C11H15N3O5. The van der Waals surface area contributed by atoms with Gasteiger partial charge in [-0.05, 0) is 20.8 Å². The Labute approximate surface area is 109 Å². The highest BCUT2D eigenvalue weighted by Crippen LogP contribution is 2.19. The molecule has 1 aromatic rings. The first kappa shape index (κ1) is 14.7. The summed E-state index contributed by atoms with van der Waals surface area (Å²) < 4.78 is 9.89. The van der Waals surface area contributed by atoms with Crippen molar-refractivity contribution >= 4 is 17.9 Å². The molecular weight excluding hydrogens is 254 g/mol. The Morgan fingerprint density at radius 3 is 2.47 bits per heavy atom. The molecule has 0 bridgehead atoms. The van der Waals surface area contributed by atoms with Gasteiger partial charge in [-0.25, -0.2) is 19.6 Å². The lowest BCUT2D eigenvalue weighted by Gasteiger charge is -2.19. The Kier molecular flexibility index (Phi) is 4.26. The van der Waals surface area contributed by atoms with Crippen molar-refractivity contribution < 1.29 is 24.2 Å². The van der Waals surface area contributed by atoms with Gasteiger partial charge in [0.1, 0.15) is 5.60 Å². The lowest BCUT2D eigenvalue weighted by atomic mass is 10.2. The van der Waals surface area contributed by atoms with Gasteiger partial charge in [-0.2, -0.15) is 0 Å². The summed E-state index contributed by atoms with van der Waals surface area (Å²) in [5.74, 6) is -1.38. The number of amides is 1. The Morgan fingerprint density at radius 1 is 1.37 bits per heavy atom. The zero-order valence-electron chi connectivity index (χ0n) is 11.1. The fraction of sp³-hybridized carbons (Fsp3) is 0.455. The van der Waals surface area contributed by atoms with Crippen LogP contribution in [-0.4, -0.2) is 39.8 Å². The maximum Gasteiger partial charge on any atom is 0.413 e. The van der Waals surface area contributed by atoms with Crippen molar-refractivity contribution in [3.8, 4) is 5.88 Å². The van der Waals surface area contributed by atoms with Gasteiger partial charge in [0.05, 0.1) is 13.3 Å². The van der Waals surface area contributed by atoms with Crippen LogP contribution in [0.2, 0.25) is 0 Å². The number of hydrogen-bond donors (Lipinski definition) is 2. The first-order chi connectivity index (χ1) is 8.73. The number of methoxy groups -OCH3 is 1. The number of carbonyl (C=O) groups is 2. The van der Waals surface area contributed by atoms with E-state index in [9.17, 15) is 9.59 Å². The Balaban J connectivity index is 2.95. The number of nitrogens with zero attached hydrogens (tertiary/aromatic N) is 2. The standard InChI is InChI=1S/C11H15N3O5/c1-11(2,3)19-10(17)14-7-8(18-4)12-5-6(13-7)9(15)16/h5H,1-4H3,(H,15,16)(H,13,14,17). The summed E-state index contributed by atoms with van der Waals surface area (Å²) in [5, 5.41) is 11.1. The summed E-state index contributed by atoms with van der Waals surface area (Å²) in [5.41, 5.74) is -0.998. The molecule has 0 unspecified atom stereocenters. The summed E-state index contributed by atoms with van der Waals surface area (Å²) >= 11 is 0. The summed E-state index contributed by atoms with van der Waals surface area (Å²) in [6, 6.07) is 0. The molecule has 1 amide bonds. The van der Waals surface area contributed by atoms with Crippen LogP contribution in [0, 0.1) is 0 Å². The molecule has 1 rings (SSSR count). The molecule has 0 radical (unpaired) electrons. The topological polar surface area (TPSA) is 111 Å². The number of carboxylic acids is 1. The van der Waals surface area contributed by atoms with E-state index in [1.807, 2.05) is 0 Å². The minimum atomic E-state index is -1.26. The number of anilines is 1. The Morgan fingerprint density at radius 2 is 2.00 bits per heavy atom. The van der Waals surface area contributed by atoms with Crippen LogP contribution in [0.15, 0.2) is 6.20 Å². The third-order valence-corrected chi connectivity index (χ3v) is 1.77. The molecule has 0 aromatic carbocycles. The molecule has 8 heteroatoms. The molecule has 0 aliphatic carbocycles. The number of nitrogens with one attached hydrogen (secondary N) is 1. The van der Waals surface area contributed by atoms with Crippen LogP contribution in [0.25, 0.3) is 0 Å². The van der Waals surface area contributed by atoms with E-state index in [1.54, 1.807) is 20.8 Å². The lowest BCUT2D eigenvalue weighted by Crippen LogP contribution is -2.28. The molecule has 0 aliphatic heterocycles. The van der Waals surface area contributed by atoms with Crippen molar-refractivity contribution in [2.75, 3.05) is 12.4 Å². The molecule has 0 aliphatic rings. The highest BCUT2D eigenvalue weighted by molar-refractivity contribution is 5.88. The van der Waals surface area contributed by atoms with Crippen molar-refractivity contribution in [2.45, 2.75) is 26.4 Å². The van der Waals surface area contributed by atoms with E-state index >= 15 is 0 Å². The molecule has 104 valence electrons. The average molecular weight is 269 g/mol. The molecule has 19 heavy (non-hydrogen) atoms. The van der Waals surface area contributed by atoms with Gasteiger partial charge >= 0.3 is 12.1 Å². The summed E-state index contributed by atoms with van der Waals surface area (Å²) in [4.78, 5) is 29.8. The van der Waals surface area contributed by atoms with Crippen LogP contribution in [0.5, 0.6) is 5.88 Å². The maximum atomic E-state index is 11.6. The van der Waals surface area contributed by atoms with E-state index in [1.165, 1.54) is 7.11 Å². The highest BCUT2D eigenvalue weighted by atomic mass is 16.6. The van der Waals surface area contributed by atoms with Gasteiger partial charge in [-0.1, -0.05) is 0 Å². The molecule has 8 nitrogen and oxygen atoms in total. The van der Waals surface area contributed by atoms with Crippen molar-refractivity contribution in [2.24, 2.45) is 0 Å². The van der Waals surface area contributed by atoms with Crippen LogP contribution >= 0.6 is 0 Å². The molecule has 0 saturated carbocycles. The second kappa shape index (κ2) is 5.51. The largest absolute Gasteiger partial charge is 0.478 e. The van der Waals surface area contributed by atoms with Gasteiger partial charge in [0.2, 0.25) is 0 Å². The van der Waals surface area contributed by atoms with Crippen molar-refractivity contribution in [3.63, 3.8) is 0 Å². The third kappa shape index (κ3) is 4.41. The lowest BCUT2D eigenvalue weighted by molar-refractivity contribution is 0.0630. The number of rotatable bonds is 3. The third-order valence-electron chi connectivity index (χ3n) is 1.77. The predicted octanol–water partition coefficient (Wildman–Crippen LogP) is 1.53. The van der Waals surface area contributed by atoms with Gasteiger partial charge in [-0.15, -0.1) is 0 Å². The van der Waals surface area contributed by atoms with Gasteiger partial charge in [-0.3, -0.25) is 5.32 Å². The van der Waals surface area contributed by atoms with E-state index in [4.69, 9.17) is 14.6 Å². The molecule has 1 aromatic heterocycles. The number of carbonyl (C=O) groups excluding carboxylic acids is 1. The smallest absolute Gasteiger partial charge is 0.413 e. The maximum absolute atomic E-state index is 11.6. The van der Waals surface area contributed by atoms with Crippen LogP contribution in [0.3, 0.4) is 0 Å². The summed E-state index contributed by atoms with van der Waals surface area (Å²) in [7, 11) is 1.32. The van der Waals surface area contributed by atoms with Crippen LogP contribution in [0.1, 0.15) is 31.3 Å². The average Bonchev–Trinajstić information content (AvgIpc) is 2.26. The molecule has 0 spiro atoms. The first-order valence-corrected chi connectivity index (χ1v) is 5.37. The highest BCUT2D eigenvalue weighted by Gasteiger charge is 2.19. The van der Waals surface area contributed by atoms with Crippen molar-refractivity contribution in [3.05, 3.63) is 11.9 Å². The van der Waals surface area contributed by atoms with E-state index in [2.05, 4.69) is 15.3 Å². The van der Waals surface area contributed by atoms with Gasteiger partial charge in [0.15, 0.2) is 11.5 Å². The number of carboxylic acid groups (broad SMARTS) is 1. The van der Waals surface area contributed by atoms with Crippen molar-refractivity contribution in [1.82, 2.24) is 9.97 Å². The first-order valence-electron chi connectivity index (χ1n) is 5.37. The number of aromatic nitrogens is 2. The monoisotopic (exact) mass is 269 g/mol. The number of hydrogen-bond acceptors (Lipinski definition) is 6. The normalized spacial score (nSPS) is 10.7. The SMILES string of the molecule is COc1ncc(C(=O)O)nc1NC(=O)OC(C)(C)C. The van der Waals surface area contributed by atoms with Crippen LogP contribution in [-0.2, 0) is 4.74 Å². The van der Waals surface area contributed by atoms with E-state index in [0.717, 1.165) is 6.20 Å². The number of ether oxygens (including phenoxy) is 2. The molecule has 0 saturated heterocycles. The number of aromatic carboxylic acids is 1. The minimum absolute atomic E-state index is 0.00383. The predicted molar refractivity (Wildman–Crippen MR) is 65.4 cm³/mol. The van der Waals surface area contributed by atoms with Crippen LogP contribution < -0.4 is 10.1 Å². The zero-order valence-corrected chi connectivity index (χ0v) is 11.1. The van der Waals surface area contributed by atoms with Crippen molar-refractivity contribution in [1.29, 1.82) is 0 Å². The van der Waals surface area contributed by atoms with E-state index < -0.39 is 17.7 Å². The summed E-state index contributed by atoms with van der Waals surface area (Å²) in [6.07, 6.45) is 0.254. The van der Waals surface area contributed by atoms with Gasteiger partial charge < -0.3 is 14.6 Å². The van der Waals surface area contributed by atoms with E-state index in [0.29, 0.717) is 0 Å². The second-order valence-corrected chi connectivity index (χ2v) is 4.55. The summed E-state index contributed by atoms with van der Waals surface area (Å²) in [6.45, 7) is 5.09. The quantitative estimate of drug-likeness (QED) is 0.855. The van der Waals surface area contributed by atoms with Gasteiger partial charge in [0, 0.05) is 0 Å². The Hall–Kier alpha value is -2.38. The molecule has 2 N–H and O–H groups in total. The molecule has 1 heterocycles. The Bertz CT molecular complexity index is 496. The second-order valence-electron chi connectivity index (χ2n) is 4.55. The van der Waals surface area contributed by atoms with Crippen LogP contribution in [0.4, 0.5) is 10.6 Å².